The predicted octanol–water partition coefficient (Wildman–Crippen LogP) is 3.93. The lowest BCUT2D eigenvalue weighted by Crippen LogP contribution is -2.26. The molecule has 1 aliphatic rings. The lowest BCUT2D eigenvalue weighted by molar-refractivity contribution is 0.0951. The Morgan fingerprint density at radius 1 is 1.13 bits per heavy atom. The number of nitrogens with one attached hydrogen (secondary N) is 1. The first-order valence-corrected chi connectivity index (χ1v) is 10.3. The standard InChI is InChI=1S/C24H23N5O/c1-16-9-10-21-19(14-16)22(18-7-2-3-8-20(18)28-21)24(30)26-15-17-6-4-11-25-23(17)29-13-5-12-27-29/h4-6,9-14H,2-3,7-8,15H2,1H3,(H,26,30). The van der Waals surface area contributed by atoms with Crippen LogP contribution in [0.25, 0.3) is 16.7 Å². The molecule has 1 N–H and O–H groups in total. The van der Waals surface area contributed by atoms with Crippen molar-refractivity contribution in [3.63, 3.8) is 0 Å². The van der Waals surface area contributed by atoms with Gasteiger partial charge in [0.25, 0.3) is 5.91 Å². The summed E-state index contributed by atoms with van der Waals surface area (Å²) in [5.41, 5.74) is 5.89. The van der Waals surface area contributed by atoms with Crippen LogP contribution in [0.4, 0.5) is 0 Å². The van der Waals surface area contributed by atoms with Crippen LogP contribution < -0.4 is 5.32 Å². The second-order valence-electron chi connectivity index (χ2n) is 7.76. The lowest BCUT2D eigenvalue weighted by Gasteiger charge is -2.21. The molecule has 6 nitrogen and oxygen atoms in total. The molecule has 0 unspecified atom stereocenters. The summed E-state index contributed by atoms with van der Waals surface area (Å²) in [4.78, 5) is 22.7. The van der Waals surface area contributed by atoms with Gasteiger partial charge >= 0.3 is 0 Å². The third-order valence-corrected chi connectivity index (χ3v) is 5.67. The number of benzene rings is 1. The van der Waals surface area contributed by atoms with Gasteiger partial charge in [-0.25, -0.2) is 9.67 Å². The quantitative estimate of drug-likeness (QED) is 0.566. The highest BCUT2D eigenvalue weighted by Crippen LogP contribution is 2.30. The van der Waals surface area contributed by atoms with Crippen molar-refractivity contribution >= 4 is 16.8 Å². The fourth-order valence-electron chi connectivity index (χ4n) is 4.23. The smallest absolute Gasteiger partial charge is 0.252 e. The van der Waals surface area contributed by atoms with Crippen molar-refractivity contribution in [1.82, 2.24) is 25.1 Å². The molecule has 4 aromatic rings. The van der Waals surface area contributed by atoms with Gasteiger partial charge in [-0.05, 0) is 62.4 Å². The van der Waals surface area contributed by atoms with Gasteiger partial charge in [-0.3, -0.25) is 9.78 Å². The molecule has 1 aromatic carbocycles. The Bertz CT molecular complexity index is 1230. The minimum atomic E-state index is -0.0542. The van der Waals surface area contributed by atoms with E-state index >= 15 is 0 Å². The molecular weight excluding hydrogens is 374 g/mol. The first-order chi connectivity index (χ1) is 14.7. The van der Waals surface area contributed by atoms with Gasteiger partial charge in [0.2, 0.25) is 0 Å². The zero-order chi connectivity index (χ0) is 20.5. The maximum Gasteiger partial charge on any atom is 0.252 e. The van der Waals surface area contributed by atoms with Crippen LogP contribution in [0.15, 0.2) is 55.0 Å². The Balaban J connectivity index is 1.51. The van der Waals surface area contributed by atoms with Crippen LogP contribution >= 0.6 is 0 Å². The number of carbonyl (C=O) groups excluding carboxylic acids is 1. The van der Waals surface area contributed by atoms with Crippen molar-refractivity contribution in [3.05, 3.63) is 82.9 Å². The maximum absolute atomic E-state index is 13.4. The summed E-state index contributed by atoms with van der Waals surface area (Å²) in [5.74, 6) is 0.668. The Morgan fingerprint density at radius 2 is 2.03 bits per heavy atom. The molecule has 0 radical (unpaired) electrons. The average Bonchev–Trinajstić information content (AvgIpc) is 3.31. The molecule has 0 aliphatic heterocycles. The topological polar surface area (TPSA) is 72.7 Å². The van der Waals surface area contributed by atoms with E-state index in [1.807, 2.05) is 37.4 Å². The molecule has 30 heavy (non-hydrogen) atoms. The van der Waals surface area contributed by atoms with E-state index in [4.69, 9.17) is 4.98 Å². The normalized spacial score (nSPS) is 13.2. The number of pyridine rings is 2. The summed E-state index contributed by atoms with van der Waals surface area (Å²) < 4.78 is 1.72. The van der Waals surface area contributed by atoms with E-state index in [9.17, 15) is 4.79 Å². The number of fused-ring (bicyclic) bond motifs is 2. The Hall–Kier alpha value is -3.54. The molecule has 150 valence electrons. The van der Waals surface area contributed by atoms with E-state index in [2.05, 4.69) is 27.5 Å². The van der Waals surface area contributed by atoms with E-state index in [0.29, 0.717) is 6.54 Å². The number of carbonyl (C=O) groups is 1. The molecule has 0 spiro atoms. The molecule has 1 amide bonds. The van der Waals surface area contributed by atoms with Gasteiger partial charge in [0, 0.05) is 41.8 Å². The van der Waals surface area contributed by atoms with E-state index < -0.39 is 0 Å². The highest BCUT2D eigenvalue weighted by atomic mass is 16.1. The van der Waals surface area contributed by atoms with E-state index in [1.165, 1.54) is 0 Å². The predicted molar refractivity (Wildman–Crippen MR) is 116 cm³/mol. The molecule has 3 heterocycles. The van der Waals surface area contributed by atoms with Gasteiger partial charge in [-0.2, -0.15) is 5.10 Å². The fraction of sp³-hybridized carbons (Fsp3) is 0.250. The number of hydrogen-bond acceptors (Lipinski definition) is 4. The van der Waals surface area contributed by atoms with Crippen molar-refractivity contribution in [2.45, 2.75) is 39.2 Å². The van der Waals surface area contributed by atoms with Crippen molar-refractivity contribution in [2.75, 3.05) is 0 Å². The molecule has 0 fully saturated rings. The number of hydrogen-bond donors (Lipinski definition) is 1. The fourth-order valence-corrected chi connectivity index (χ4v) is 4.23. The molecule has 3 aromatic heterocycles. The molecule has 0 saturated heterocycles. The Labute approximate surface area is 175 Å². The third-order valence-electron chi connectivity index (χ3n) is 5.67. The van der Waals surface area contributed by atoms with Crippen molar-refractivity contribution < 1.29 is 4.79 Å². The second-order valence-corrected chi connectivity index (χ2v) is 7.76. The SMILES string of the molecule is Cc1ccc2nc3c(c(C(=O)NCc4cccnc4-n4cccn4)c2c1)CCCC3. The zero-order valence-electron chi connectivity index (χ0n) is 16.9. The lowest BCUT2D eigenvalue weighted by atomic mass is 9.89. The minimum Gasteiger partial charge on any atom is -0.348 e. The largest absolute Gasteiger partial charge is 0.348 e. The summed E-state index contributed by atoms with van der Waals surface area (Å²) in [6.45, 7) is 2.43. The summed E-state index contributed by atoms with van der Waals surface area (Å²) >= 11 is 0. The van der Waals surface area contributed by atoms with Crippen LogP contribution in [0.3, 0.4) is 0 Å². The first-order valence-electron chi connectivity index (χ1n) is 10.3. The molecule has 6 heteroatoms. The average molecular weight is 397 g/mol. The van der Waals surface area contributed by atoms with Crippen LogP contribution in [0.2, 0.25) is 0 Å². The van der Waals surface area contributed by atoms with E-state index in [0.717, 1.165) is 70.4 Å². The second kappa shape index (κ2) is 7.71. The van der Waals surface area contributed by atoms with E-state index in [-0.39, 0.29) is 5.91 Å². The molecule has 0 atom stereocenters. The van der Waals surface area contributed by atoms with Crippen LogP contribution in [0.1, 0.15) is 45.6 Å². The van der Waals surface area contributed by atoms with Crippen molar-refractivity contribution in [1.29, 1.82) is 0 Å². The molecule has 0 saturated carbocycles. The molecule has 5 rings (SSSR count). The highest BCUT2D eigenvalue weighted by Gasteiger charge is 2.23. The van der Waals surface area contributed by atoms with Gasteiger partial charge < -0.3 is 5.32 Å². The van der Waals surface area contributed by atoms with Gasteiger partial charge in [0.05, 0.1) is 11.1 Å². The highest BCUT2D eigenvalue weighted by molar-refractivity contribution is 6.08. The van der Waals surface area contributed by atoms with Crippen LogP contribution in [-0.2, 0) is 19.4 Å². The maximum atomic E-state index is 13.4. The summed E-state index contributed by atoms with van der Waals surface area (Å²) in [5, 5.41) is 8.34. The summed E-state index contributed by atoms with van der Waals surface area (Å²) in [6.07, 6.45) is 9.36. The van der Waals surface area contributed by atoms with Gasteiger partial charge in [0.15, 0.2) is 5.82 Å². The van der Waals surface area contributed by atoms with Crippen LogP contribution in [0.5, 0.6) is 0 Å². The first kappa shape index (κ1) is 18.5. The van der Waals surface area contributed by atoms with Gasteiger partial charge in [0.1, 0.15) is 0 Å². The van der Waals surface area contributed by atoms with Crippen LogP contribution in [0, 0.1) is 6.92 Å². The van der Waals surface area contributed by atoms with Crippen molar-refractivity contribution in [3.8, 4) is 5.82 Å². The Kier molecular flexibility index (Phi) is 4.75. The number of amides is 1. The Morgan fingerprint density at radius 3 is 2.90 bits per heavy atom. The van der Waals surface area contributed by atoms with Gasteiger partial charge in [-0.15, -0.1) is 0 Å². The zero-order valence-corrected chi connectivity index (χ0v) is 16.9. The van der Waals surface area contributed by atoms with Crippen molar-refractivity contribution in [2.24, 2.45) is 0 Å². The third kappa shape index (κ3) is 3.34. The van der Waals surface area contributed by atoms with Crippen LogP contribution in [-0.4, -0.2) is 25.7 Å². The number of aryl methyl sites for hydroxylation is 2. The number of nitrogens with zero attached hydrogens (tertiary/aromatic N) is 4. The summed E-state index contributed by atoms with van der Waals surface area (Å²) in [7, 11) is 0. The van der Waals surface area contributed by atoms with Gasteiger partial charge in [-0.1, -0.05) is 17.7 Å². The molecular formula is C24H23N5O. The minimum absolute atomic E-state index is 0.0542. The number of aromatic nitrogens is 4. The van der Waals surface area contributed by atoms with E-state index in [1.54, 1.807) is 17.1 Å². The monoisotopic (exact) mass is 397 g/mol. The number of rotatable bonds is 4. The molecule has 0 bridgehead atoms. The molecule has 1 aliphatic carbocycles. The summed E-state index contributed by atoms with van der Waals surface area (Å²) in [6, 6.07) is 11.8.